The van der Waals surface area contributed by atoms with Crippen LogP contribution in [-0.4, -0.2) is 16.3 Å². The fourth-order valence-electron chi connectivity index (χ4n) is 1.66. The summed E-state index contributed by atoms with van der Waals surface area (Å²) < 4.78 is 5.71. The van der Waals surface area contributed by atoms with Crippen molar-refractivity contribution in [1.29, 1.82) is 0 Å². The minimum Gasteiger partial charge on any atom is -0.490 e. The van der Waals surface area contributed by atoms with E-state index in [-0.39, 0.29) is 5.56 Å². The molecule has 1 heterocycles. The summed E-state index contributed by atoms with van der Waals surface area (Å²) in [5, 5.41) is 6.15. The molecule has 1 aliphatic carbocycles. The van der Waals surface area contributed by atoms with E-state index in [2.05, 4.69) is 10.2 Å². The maximum absolute atomic E-state index is 11.2. The highest BCUT2D eigenvalue weighted by Crippen LogP contribution is 2.29. The van der Waals surface area contributed by atoms with Gasteiger partial charge in [0.25, 0.3) is 5.56 Å². The molecule has 0 saturated heterocycles. The zero-order valence-corrected chi connectivity index (χ0v) is 9.22. The monoisotopic (exact) mass is 228 g/mol. The topological polar surface area (TPSA) is 55.0 Å². The van der Waals surface area contributed by atoms with Gasteiger partial charge in [-0.05, 0) is 30.5 Å². The highest BCUT2D eigenvalue weighted by molar-refractivity contribution is 5.63. The number of hydrogen-bond donors (Lipinski definition) is 1. The molecule has 0 radical (unpaired) electrons. The number of aromatic nitrogens is 2. The molecule has 1 aromatic heterocycles. The Kier molecular flexibility index (Phi) is 2.40. The smallest absolute Gasteiger partial charge is 0.264 e. The van der Waals surface area contributed by atoms with Gasteiger partial charge in [-0.2, -0.15) is 5.10 Å². The van der Waals surface area contributed by atoms with Gasteiger partial charge < -0.3 is 4.74 Å². The summed E-state index contributed by atoms with van der Waals surface area (Å²) in [6, 6.07) is 9.27. The van der Waals surface area contributed by atoms with Gasteiger partial charge >= 0.3 is 0 Å². The Morgan fingerprint density at radius 1 is 1.24 bits per heavy atom. The number of ether oxygens (including phenoxy) is 1. The molecule has 1 N–H and O–H groups in total. The molecule has 0 aliphatic heterocycles. The van der Waals surface area contributed by atoms with E-state index >= 15 is 0 Å². The Labute approximate surface area is 98.3 Å². The zero-order valence-electron chi connectivity index (χ0n) is 9.22. The third kappa shape index (κ3) is 2.36. The zero-order chi connectivity index (χ0) is 11.7. The third-order valence-electron chi connectivity index (χ3n) is 2.66. The van der Waals surface area contributed by atoms with Crippen LogP contribution < -0.4 is 10.3 Å². The molecule has 4 heteroatoms. The number of rotatable bonds is 3. The van der Waals surface area contributed by atoms with Gasteiger partial charge in [0, 0.05) is 11.6 Å². The molecule has 2 aromatic rings. The molecule has 0 atom stereocenters. The molecule has 1 aliphatic rings. The molecule has 0 spiro atoms. The fraction of sp³-hybridized carbons (Fsp3) is 0.231. The minimum absolute atomic E-state index is 0.198. The molecule has 17 heavy (non-hydrogen) atoms. The molecular weight excluding hydrogens is 216 g/mol. The van der Waals surface area contributed by atoms with Gasteiger partial charge in [-0.1, -0.05) is 12.1 Å². The molecule has 1 saturated carbocycles. The molecule has 1 aromatic carbocycles. The standard InChI is InChI=1S/C13H12N2O2/c16-13-7-10(8-14-15-13)9-2-1-3-12(6-9)17-11-4-5-11/h1-3,6-8,11H,4-5H2,(H,15,16). The van der Waals surface area contributed by atoms with Crippen molar-refractivity contribution < 1.29 is 4.74 Å². The lowest BCUT2D eigenvalue weighted by Gasteiger charge is -2.06. The average Bonchev–Trinajstić information content (AvgIpc) is 3.13. The van der Waals surface area contributed by atoms with Crippen LogP contribution in [-0.2, 0) is 0 Å². The fourth-order valence-corrected chi connectivity index (χ4v) is 1.66. The summed E-state index contributed by atoms with van der Waals surface area (Å²) in [5.41, 5.74) is 1.55. The van der Waals surface area contributed by atoms with Gasteiger partial charge in [0.15, 0.2) is 0 Å². The Morgan fingerprint density at radius 3 is 2.88 bits per heavy atom. The molecule has 0 unspecified atom stereocenters. The van der Waals surface area contributed by atoms with Crippen LogP contribution in [0.3, 0.4) is 0 Å². The first kappa shape index (κ1) is 10.1. The molecule has 1 fully saturated rings. The van der Waals surface area contributed by atoms with Gasteiger partial charge in [-0.3, -0.25) is 4.79 Å². The van der Waals surface area contributed by atoms with E-state index in [0.29, 0.717) is 6.10 Å². The van der Waals surface area contributed by atoms with Gasteiger partial charge in [0.2, 0.25) is 0 Å². The van der Waals surface area contributed by atoms with Crippen molar-refractivity contribution >= 4 is 0 Å². The van der Waals surface area contributed by atoms with Crippen molar-refractivity contribution in [1.82, 2.24) is 10.2 Å². The summed E-state index contributed by atoms with van der Waals surface area (Å²) in [7, 11) is 0. The summed E-state index contributed by atoms with van der Waals surface area (Å²) in [5.74, 6) is 0.852. The van der Waals surface area contributed by atoms with Crippen LogP contribution in [0.5, 0.6) is 5.75 Å². The van der Waals surface area contributed by atoms with Crippen molar-refractivity contribution in [3.8, 4) is 16.9 Å². The third-order valence-corrected chi connectivity index (χ3v) is 2.66. The SMILES string of the molecule is O=c1cc(-c2cccc(OC3CC3)c2)cn[nH]1. The number of nitrogens with zero attached hydrogens (tertiary/aromatic N) is 1. The number of hydrogen-bond acceptors (Lipinski definition) is 3. The number of nitrogens with one attached hydrogen (secondary N) is 1. The highest BCUT2D eigenvalue weighted by Gasteiger charge is 2.23. The Bertz CT molecular complexity index is 588. The summed E-state index contributed by atoms with van der Waals surface area (Å²) in [4.78, 5) is 11.2. The predicted molar refractivity (Wildman–Crippen MR) is 63.9 cm³/mol. The van der Waals surface area contributed by atoms with Gasteiger partial charge in [0.1, 0.15) is 5.75 Å². The molecule has 86 valence electrons. The van der Waals surface area contributed by atoms with Crippen LogP contribution in [0.4, 0.5) is 0 Å². The second-order valence-electron chi connectivity index (χ2n) is 4.18. The first-order chi connectivity index (χ1) is 8.31. The van der Waals surface area contributed by atoms with Crippen LogP contribution in [0.15, 0.2) is 41.3 Å². The number of aromatic amines is 1. The predicted octanol–water partition coefficient (Wildman–Crippen LogP) is 1.98. The van der Waals surface area contributed by atoms with E-state index in [9.17, 15) is 4.79 Å². The quantitative estimate of drug-likeness (QED) is 0.873. The van der Waals surface area contributed by atoms with Crippen molar-refractivity contribution in [2.45, 2.75) is 18.9 Å². The first-order valence-corrected chi connectivity index (χ1v) is 5.63. The second-order valence-corrected chi connectivity index (χ2v) is 4.18. The summed E-state index contributed by atoms with van der Waals surface area (Å²) in [6.07, 6.45) is 4.29. The van der Waals surface area contributed by atoms with Crippen molar-refractivity contribution in [3.63, 3.8) is 0 Å². The maximum Gasteiger partial charge on any atom is 0.264 e. The lowest BCUT2D eigenvalue weighted by atomic mass is 10.1. The van der Waals surface area contributed by atoms with Gasteiger partial charge in [0.05, 0.1) is 12.3 Å². The number of benzene rings is 1. The second kappa shape index (κ2) is 4.05. The summed E-state index contributed by atoms with van der Waals surface area (Å²) in [6.45, 7) is 0. The number of H-pyrrole nitrogens is 1. The van der Waals surface area contributed by atoms with Crippen LogP contribution in [0, 0.1) is 0 Å². The van der Waals surface area contributed by atoms with E-state index in [0.717, 1.165) is 29.7 Å². The average molecular weight is 228 g/mol. The Balaban J connectivity index is 1.93. The molecular formula is C13H12N2O2. The first-order valence-electron chi connectivity index (χ1n) is 5.63. The van der Waals surface area contributed by atoms with Crippen LogP contribution in [0.2, 0.25) is 0 Å². The molecule has 0 bridgehead atoms. The van der Waals surface area contributed by atoms with Crippen LogP contribution in [0.1, 0.15) is 12.8 Å². The molecule has 0 amide bonds. The van der Waals surface area contributed by atoms with Crippen molar-refractivity contribution in [2.75, 3.05) is 0 Å². The van der Waals surface area contributed by atoms with Gasteiger partial charge in [-0.25, -0.2) is 5.10 Å². The largest absolute Gasteiger partial charge is 0.490 e. The lowest BCUT2D eigenvalue weighted by molar-refractivity contribution is 0.303. The van der Waals surface area contributed by atoms with Gasteiger partial charge in [-0.15, -0.1) is 0 Å². The minimum atomic E-state index is -0.198. The van der Waals surface area contributed by atoms with E-state index in [4.69, 9.17) is 4.74 Å². The van der Waals surface area contributed by atoms with E-state index in [1.807, 2.05) is 24.3 Å². The van der Waals surface area contributed by atoms with Crippen molar-refractivity contribution in [2.24, 2.45) is 0 Å². The normalized spacial score (nSPS) is 14.6. The molecule has 4 nitrogen and oxygen atoms in total. The van der Waals surface area contributed by atoms with E-state index in [1.54, 1.807) is 6.20 Å². The maximum atomic E-state index is 11.2. The summed E-state index contributed by atoms with van der Waals surface area (Å²) >= 11 is 0. The Morgan fingerprint density at radius 2 is 2.12 bits per heavy atom. The lowest BCUT2D eigenvalue weighted by Crippen LogP contribution is -2.05. The van der Waals surface area contributed by atoms with E-state index < -0.39 is 0 Å². The van der Waals surface area contributed by atoms with Crippen molar-refractivity contribution in [3.05, 3.63) is 46.9 Å². The van der Waals surface area contributed by atoms with Crippen LogP contribution in [0.25, 0.3) is 11.1 Å². The van der Waals surface area contributed by atoms with Crippen LogP contribution >= 0.6 is 0 Å². The molecule has 3 rings (SSSR count). The Hall–Kier alpha value is -2.10. The van der Waals surface area contributed by atoms with E-state index in [1.165, 1.54) is 6.07 Å². The highest BCUT2D eigenvalue weighted by atomic mass is 16.5.